The van der Waals surface area contributed by atoms with Crippen molar-refractivity contribution in [3.63, 3.8) is 0 Å². The molecule has 0 saturated carbocycles. The molecular weight excluding hydrogens is 463 g/mol. The standard InChI is InChI=1S/C12H26O4S.C10H8O3S.Na/c1-2-3-4-5-6-7-8-9-10-11-12-16-17(13,14)15;11-14(12,13)10-7-3-5-8-4-1-2-6-9(8)10;/h2-12H2,1H3,(H,13,14,15);1-7H,(H,11,12,13);/q;;+1/p-1. The molecule has 0 aromatic heterocycles. The minimum atomic E-state index is -4.48. The van der Waals surface area contributed by atoms with Gasteiger partial charge in [0, 0.05) is 5.39 Å². The third kappa shape index (κ3) is 14.6. The molecule has 1 N–H and O–H groups in total. The number of hydrogen-bond acceptors (Lipinski definition) is 6. The molecule has 32 heavy (non-hydrogen) atoms. The summed E-state index contributed by atoms with van der Waals surface area (Å²) < 4.78 is 65.4. The molecule has 0 aliphatic rings. The van der Waals surface area contributed by atoms with Gasteiger partial charge in [0.05, 0.1) is 6.61 Å². The van der Waals surface area contributed by atoms with Crippen molar-refractivity contribution in [1.82, 2.24) is 0 Å². The van der Waals surface area contributed by atoms with E-state index in [1.807, 2.05) is 6.07 Å². The van der Waals surface area contributed by atoms with Crippen LogP contribution in [0.4, 0.5) is 0 Å². The van der Waals surface area contributed by atoms with Crippen molar-refractivity contribution >= 4 is 31.3 Å². The van der Waals surface area contributed by atoms with Gasteiger partial charge in [-0.2, -0.15) is 8.42 Å². The second-order valence-corrected chi connectivity index (χ2v) is 9.81. The molecule has 2 aromatic carbocycles. The zero-order valence-electron chi connectivity index (χ0n) is 19.0. The van der Waals surface area contributed by atoms with E-state index in [9.17, 15) is 21.4 Å². The van der Waals surface area contributed by atoms with Crippen LogP contribution in [0.1, 0.15) is 71.1 Å². The Hall–Kier alpha value is -0.520. The average molecular weight is 497 g/mol. The fourth-order valence-electron chi connectivity index (χ4n) is 3.17. The van der Waals surface area contributed by atoms with Gasteiger partial charge < -0.3 is 4.55 Å². The van der Waals surface area contributed by atoms with E-state index in [1.165, 1.54) is 51.0 Å². The number of fused-ring (bicyclic) bond motifs is 1. The van der Waals surface area contributed by atoms with E-state index in [0.717, 1.165) is 18.2 Å². The Bertz CT molecular complexity index is 971. The summed E-state index contributed by atoms with van der Waals surface area (Å²) in [6.07, 6.45) is 11.7. The van der Waals surface area contributed by atoms with E-state index in [0.29, 0.717) is 11.8 Å². The van der Waals surface area contributed by atoms with Crippen LogP contribution >= 0.6 is 0 Å². The zero-order chi connectivity index (χ0) is 23.2. The van der Waals surface area contributed by atoms with Crippen LogP contribution in [0.25, 0.3) is 10.8 Å². The Morgan fingerprint density at radius 2 is 1.28 bits per heavy atom. The fourth-order valence-corrected chi connectivity index (χ4v) is 4.21. The Morgan fingerprint density at radius 3 is 1.81 bits per heavy atom. The van der Waals surface area contributed by atoms with Crippen LogP contribution in [0.15, 0.2) is 47.4 Å². The van der Waals surface area contributed by atoms with Crippen LogP contribution in [-0.2, 0) is 24.7 Å². The van der Waals surface area contributed by atoms with Gasteiger partial charge in [0.1, 0.15) is 4.90 Å². The molecule has 176 valence electrons. The van der Waals surface area contributed by atoms with Crippen molar-refractivity contribution in [1.29, 1.82) is 0 Å². The third-order valence-corrected chi connectivity index (χ3v) is 6.12. The summed E-state index contributed by atoms with van der Waals surface area (Å²) in [6.45, 7) is 2.24. The first-order chi connectivity index (χ1) is 14.6. The molecular formula is C22H33NaO7S2. The van der Waals surface area contributed by atoms with Gasteiger partial charge >= 0.3 is 29.6 Å². The van der Waals surface area contributed by atoms with Gasteiger partial charge in [-0.1, -0.05) is 101 Å². The molecule has 0 atom stereocenters. The van der Waals surface area contributed by atoms with Crippen molar-refractivity contribution in [3.8, 4) is 0 Å². The minimum absolute atomic E-state index is 0. The summed E-state index contributed by atoms with van der Waals surface area (Å²) in [5, 5.41) is 1.33. The maximum atomic E-state index is 11.0. The second-order valence-electron chi connectivity index (χ2n) is 7.36. The molecule has 0 unspecified atom stereocenters. The van der Waals surface area contributed by atoms with Gasteiger partial charge in [-0.3, -0.25) is 8.74 Å². The minimum Gasteiger partial charge on any atom is -0.726 e. The van der Waals surface area contributed by atoms with Crippen molar-refractivity contribution in [2.45, 2.75) is 76.0 Å². The SMILES string of the molecule is CCCCCCCCCCCCOS(=O)(=O)[O-].O=S(=O)(O)c1cccc2ccccc12.[Na+]. The zero-order valence-corrected chi connectivity index (χ0v) is 22.7. The Morgan fingerprint density at radius 1 is 0.781 bits per heavy atom. The van der Waals surface area contributed by atoms with Crippen LogP contribution in [0.2, 0.25) is 0 Å². The first kappa shape index (κ1) is 31.5. The van der Waals surface area contributed by atoms with E-state index in [2.05, 4.69) is 11.1 Å². The predicted octanol–water partition coefficient (Wildman–Crippen LogP) is 2.47. The van der Waals surface area contributed by atoms with Gasteiger partial charge in [-0.05, 0) is 17.9 Å². The Kier molecular flexibility index (Phi) is 16.7. The molecule has 0 spiro atoms. The maximum absolute atomic E-state index is 11.0. The first-order valence-electron chi connectivity index (χ1n) is 10.7. The van der Waals surface area contributed by atoms with Crippen LogP contribution in [0, 0.1) is 0 Å². The molecule has 0 amide bonds. The summed E-state index contributed by atoms with van der Waals surface area (Å²) >= 11 is 0. The summed E-state index contributed by atoms with van der Waals surface area (Å²) in [4.78, 5) is -0.0457. The number of rotatable bonds is 13. The van der Waals surface area contributed by atoms with Gasteiger partial charge in [0.2, 0.25) is 10.4 Å². The number of unbranched alkanes of at least 4 members (excludes halogenated alkanes) is 9. The van der Waals surface area contributed by atoms with Crippen LogP contribution in [-0.4, -0.2) is 32.5 Å². The molecule has 0 radical (unpaired) electrons. The molecule has 2 rings (SSSR count). The van der Waals surface area contributed by atoms with Gasteiger partial charge in [0.25, 0.3) is 10.1 Å². The normalized spacial score (nSPS) is 11.5. The van der Waals surface area contributed by atoms with Crippen molar-refractivity contribution < 1.29 is 59.7 Å². The number of benzene rings is 2. The Labute approximate surface area is 214 Å². The van der Waals surface area contributed by atoms with E-state index in [1.54, 1.807) is 30.3 Å². The van der Waals surface area contributed by atoms with Crippen LogP contribution in [0.3, 0.4) is 0 Å². The van der Waals surface area contributed by atoms with Crippen LogP contribution < -0.4 is 29.6 Å². The Balaban J connectivity index is 0.000000589. The van der Waals surface area contributed by atoms with Gasteiger partial charge in [-0.15, -0.1) is 0 Å². The molecule has 7 nitrogen and oxygen atoms in total. The van der Waals surface area contributed by atoms with Crippen LogP contribution in [0.5, 0.6) is 0 Å². The second kappa shape index (κ2) is 17.0. The average Bonchev–Trinajstić information content (AvgIpc) is 2.70. The molecule has 0 heterocycles. The van der Waals surface area contributed by atoms with Crippen molar-refractivity contribution in [2.75, 3.05) is 6.61 Å². The maximum Gasteiger partial charge on any atom is 1.00 e. The largest absolute Gasteiger partial charge is 1.00 e. The summed E-state index contributed by atoms with van der Waals surface area (Å²) in [7, 11) is -8.61. The molecule has 0 aliphatic heterocycles. The fraction of sp³-hybridized carbons (Fsp3) is 0.545. The third-order valence-electron chi connectivity index (χ3n) is 4.75. The van der Waals surface area contributed by atoms with E-state index >= 15 is 0 Å². The molecule has 0 bridgehead atoms. The smallest absolute Gasteiger partial charge is 0.726 e. The summed E-state index contributed by atoms with van der Waals surface area (Å²) in [5.74, 6) is 0. The topological polar surface area (TPSA) is 121 Å². The quantitative estimate of drug-likeness (QED) is 0.196. The summed E-state index contributed by atoms with van der Waals surface area (Å²) in [5.41, 5.74) is 0. The van der Waals surface area contributed by atoms with Gasteiger partial charge in [0.15, 0.2) is 0 Å². The monoisotopic (exact) mass is 496 g/mol. The molecule has 0 fully saturated rings. The van der Waals surface area contributed by atoms with E-state index in [-0.39, 0.29) is 41.1 Å². The molecule has 2 aromatic rings. The molecule has 0 aliphatic carbocycles. The van der Waals surface area contributed by atoms with Gasteiger partial charge in [-0.25, -0.2) is 8.42 Å². The van der Waals surface area contributed by atoms with Crippen molar-refractivity contribution in [3.05, 3.63) is 42.5 Å². The summed E-state index contributed by atoms with van der Waals surface area (Å²) in [6, 6.07) is 11.8. The van der Waals surface area contributed by atoms with Crippen molar-refractivity contribution in [2.24, 2.45) is 0 Å². The molecule has 10 heteroatoms. The molecule has 0 saturated heterocycles. The first-order valence-corrected chi connectivity index (χ1v) is 13.5. The number of hydrogen-bond donors (Lipinski definition) is 1. The van der Waals surface area contributed by atoms with E-state index in [4.69, 9.17) is 4.55 Å². The predicted molar refractivity (Wildman–Crippen MR) is 121 cm³/mol. The van der Waals surface area contributed by atoms with E-state index < -0.39 is 20.5 Å².